The van der Waals surface area contributed by atoms with Gasteiger partial charge in [0.2, 0.25) is 0 Å². The van der Waals surface area contributed by atoms with Crippen LogP contribution in [-0.4, -0.2) is 11.7 Å². The first kappa shape index (κ1) is 11.1. The van der Waals surface area contributed by atoms with Crippen molar-refractivity contribution in [3.63, 3.8) is 0 Å². The molecular weight excluding hydrogens is 252 g/mol. The summed E-state index contributed by atoms with van der Waals surface area (Å²) < 4.78 is 0. The molecule has 0 spiro atoms. The molecule has 0 saturated heterocycles. The first-order valence-corrected chi connectivity index (χ1v) is 6.34. The predicted molar refractivity (Wildman–Crippen MR) is 73.6 cm³/mol. The third-order valence-electron chi connectivity index (χ3n) is 3.81. The van der Waals surface area contributed by atoms with Gasteiger partial charge in [-0.05, 0) is 23.3 Å². The lowest BCUT2D eigenvalue weighted by Gasteiger charge is -2.21. The van der Waals surface area contributed by atoms with Gasteiger partial charge in [0, 0.05) is 16.5 Å². The smallest absolute Gasteiger partial charge is 0.250 e. The molecule has 96 valence electrons. The number of nitrogens with two attached hydrogens (primary N) is 1. The fraction of sp³-hybridized carbons (Fsp3) is 0.0625. The van der Waals surface area contributed by atoms with Crippen LogP contribution in [0.4, 0.5) is 5.69 Å². The Balaban J connectivity index is 2.31. The summed E-state index contributed by atoms with van der Waals surface area (Å²) in [5.41, 5.74) is 9.17. The van der Waals surface area contributed by atoms with Crippen LogP contribution >= 0.6 is 0 Å². The summed E-state index contributed by atoms with van der Waals surface area (Å²) in [6.45, 7) is 0. The van der Waals surface area contributed by atoms with Gasteiger partial charge in [-0.2, -0.15) is 0 Å². The van der Waals surface area contributed by atoms with Gasteiger partial charge >= 0.3 is 0 Å². The van der Waals surface area contributed by atoms with E-state index in [1.54, 1.807) is 18.2 Å². The molecule has 0 fully saturated rings. The number of carbonyl (C=O) groups is 2. The van der Waals surface area contributed by atoms with Crippen molar-refractivity contribution in [2.24, 2.45) is 4.99 Å². The number of hydrogen-bond acceptors (Lipinski definition) is 3. The van der Waals surface area contributed by atoms with Crippen molar-refractivity contribution >= 4 is 23.0 Å². The Labute approximate surface area is 114 Å². The van der Waals surface area contributed by atoms with E-state index in [1.807, 2.05) is 18.2 Å². The van der Waals surface area contributed by atoms with Gasteiger partial charge in [0.25, 0.3) is 5.91 Å². The van der Waals surface area contributed by atoms with Crippen LogP contribution in [0.3, 0.4) is 0 Å². The number of carbonyl (C=O) groups excluding carboxylic acids is 2. The maximum atomic E-state index is 12.6. The molecular formula is C16H10N2O2. The van der Waals surface area contributed by atoms with Gasteiger partial charge < -0.3 is 5.73 Å². The van der Waals surface area contributed by atoms with Crippen LogP contribution in [0.25, 0.3) is 5.57 Å². The standard InChI is InChI=1S/C16H10N2O2/c17-11-5-6-12-14-10(7-13(19)18-12)8-3-1-2-4-9(8)16(20)15(11)14/h1-6H,7,17H2. The van der Waals surface area contributed by atoms with Gasteiger partial charge in [-0.3, -0.25) is 9.59 Å². The number of hydrogen-bond donors (Lipinski definition) is 1. The highest BCUT2D eigenvalue weighted by Gasteiger charge is 2.29. The van der Waals surface area contributed by atoms with Crippen LogP contribution in [0.2, 0.25) is 0 Å². The van der Waals surface area contributed by atoms with Crippen molar-refractivity contribution in [2.45, 2.75) is 6.42 Å². The minimum absolute atomic E-state index is 0.0942. The van der Waals surface area contributed by atoms with E-state index in [1.165, 1.54) is 0 Å². The van der Waals surface area contributed by atoms with Crippen LogP contribution in [-0.2, 0) is 4.79 Å². The topological polar surface area (TPSA) is 72.5 Å². The Bertz CT molecular complexity index is 926. The molecule has 0 radical (unpaired) electrons. The maximum Gasteiger partial charge on any atom is 0.250 e. The molecule has 1 amide bonds. The molecule has 0 saturated carbocycles. The second kappa shape index (κ2) is 3.63. The number of amides is 1. The molecule has 2 N–H and O–H groups in total. The lowest BCUT2D eigenvalue weighted by Crippen LogP contribution is -2.41. The van der Waals surface area contributed by atoms with Gasteiger partial charge in [-0.25, -0.2) is 4.99 Å². The number of ketones is 1. The van der Waals surface area contributed by atoms with Crippen LogP contribution in [0.15, 0.2) is 41.4 Å². The van der Waals surface area contributed by atoms with Crippen molar-refractivity contribution < 1.29 is 9.59 Å². The molecule has 4 nitrogen and oxygen atoms in total. The average molecular weight is 262 g/mol. The highest BCUT2D eigenvalue weighted by Crippen LogP contribution is 2.28. The van der Waals surface area contributed by atoms with E-state index in [0.29, 0.717) is 22.2 Å². The van der Waals surface area contributed by atoms with Gasteiger partial charge in [0.1, 0.15) is 0 Å². The lowest BCUT2D eigenvalue weighted by atomic mass is 9.82. The van der Waals surface area contributed by atoms with Gasteiger partial charge in [0.05, 0.1) is 17.3 Å². The summed E-state index contributed by atoms with van der Waals surface area (Å²) in [5.74, 6) is -0.282. The number of fused-ring (bicyclic) bond motifs is 2. The second-order valence-corrected chi connectivity index (χ2v) is 4.96. The molecule has 0 unspecified atom stereocenters. The van der Waals surface area contributed by atoms with Crippen molar-refractivity contribution in [3.05, 3.63) is 63.7 Å². The number of benzene rings is 2. The van der Waals surface area contributed by atoms with Crippen molar-refractivity contribution in [1.29, 1.82) is 0 Å². The Kier molecular flexibility index (Phi) is 2.02. The average Bonchev–Trinajstić information content (AvgIpc) is 2.45. The van der Waals surface area contributed by atoms with Crippen LogP contribution in [0.5, 0.6) is 0 Å². The minimum atomic E-state index is -0.188. The SMILES string of the molecule is Nc1ccc2c3c1C(=O)c1ccccc1C=3CC(=O)N=2. The highest BCUT2D eigenvalue weighted by atomic mass is 16.1. The summed E-state index contributed by atoms with van der Waals surface area (Å²) in [6, 6.07) is 10.7. The molecule has 1 aliphatic heterocycles. The van der Waals surface area contributed by atoms with Crippen LogP contribution in [0.1, 0.15) is 27.9 Å². The van der Waals surface area contributed by atoms with Crippen LogP contribution in [0, 0.1) is 0 Å². The molecule has 2 aromatic carbocycles. The molecule has 0 bridgehead atoms. The molecule has 4 rings (SSSR count). The summed E-state index contributed by atoms with van der Waals surface area (Å²) in [5, 5.41) is 1.27. The Morgan fingerprint density at radius 3 is 2.55 bits per heavy atom. The van der Waals surface area contributed by atoms with E-state index in [2.05, 4.69) is 4.99 Å². The molecule has 1 aliphatic carbocycles. The highest BCUT2D eigenvalue weighted by molar-refractivity contribution is 6.18. The zero-order chi connectivity index (χ0) is 13.9. The van der Waals surface area contributed by atoms with E-state index in [0.717, 1.165) is 16.4 Å². The predicted octanol–water partition coefficient (Wildman–Crippen LogP) is 0.562. The molecule has 4 heteroatoms. The van der Waals surface area contributed by atoms with E-state index < -0.39 is 0 Å². The van der Waals surface area contributed by atoms with Gasteiger partial charge in [-0.15, -0.1) is 0 Å². The molecule has 20 heavy (non-hydrogen) atoms. The van der Waals surface area contributed by atoms with E-state index >= 15 is 0 Å². The fourth-order valence-electron chi connectivity index (χ4n) is 2.97. The number of anilines is 1. The lowest BCUT2D eigenvalue weighted by molar-refractivity contribution is -0.117. The third-order valence-corrected chi connectivity index (χ3v) is 3.81. The molecule has 0 atom stereocenters. The summed E-state index contributed by atoms with van der Waals surface area (Å²) >= 11 is 0. The maximum absolute atomic E-state index is 12.6. The normalized spacial score (nSPS) is 15.5. The Hall–Kier alpha value is -2.75. The van der Waals surface area contributed by atoms with Gasteiger partial charge in [-0.1, -0.05) is 24.3 Å². The second-order valence-electron chi connectivity index (χ2n) is 4.96. The Morgan fingerprint density at radius 1 is 1.00 bits per heavy atom. The quantitative estimate of drug-likeness (QED) is 0.705. The van der Waals surface area contributed by atoms with E-state index in [4.69, 9.17) is 5.73 Å². The summed E-state index contributed by atoms with van der Waals surface area (Å²) in [7, 11) is 0. The Morgan fingerprint density at radius 2 is 1.75 bits per heavy atom. The van der Waals surface area contributed by atoms with Crippen molar-refractivity contribution in [2.75, 3.05) is 5.73 Å². The summed E-state index contributed by atoms with van der Waals surface area (Å²) in [6.07, 6.45) is 0.216. The van der Waals surface area contributed by atoms with E-state index in [9.17, 15) is 9.59 Å². The minimum Gasteiger partial charge on any atom is -0.398 e. The van der Waals surface area contributed by atoms with E-state index in [-0.39, 0.29) is 18.1 Å². The monoisotopic (exact) mass is 262 g/mol. The molecule has 2 aliphatic rings. The van der Waals surface area contributed by atoms with Crippen molar-refractivity contribution in [1.82, 2.24) is 0 Å². The van der Waals surface area contributed by atoms with Crippen molar-refractivity contribution in [3.8, 4) is 0 Å². The first-order chi connectivity index (χ1) is 9.66. The fourth-order valence-corrected chi connectivity index (χ4v) is 2.97. The first-order valence-electron chi connectivity index (χ1n) is 6.34. The van der Waals surface area contributed by atoms with Crippen LogP contribution < -0.4 is 16.3 Å². The zero-order valence-corrected chi connectivity index (χ0v) is 10.5. The van der Waals surface area contributed by atoms with Gasteiger partial charge in [0.15, 0.2) is 5.78 Å². The zero-order valence-electron chi connectivity index (χ0n) is 10.5. The molecule has 2 aromatic rings. The number of rotatable bonds is 0. The molecule has 0 aromatic heterocycles. The largest absolute Gasteiger partial charge is 0.398 e. The number of nitrogens with zero attached hydrogens (tertiary/aromatic N) is 1. The summed E-state index contributed by atoms with van der Waals surface area (Å²) in [4.78, 5) is 28.5. The number of nitrogen functional groups attached to an aromatic ring is 1. The third kappa shape index (κ3) is 1.28. The molecule has 1 heterocycles.